The molecular weight excluding hydrogens is 372 g/mol. The number of anilines is 2. The molecule has 1 heterocycles. The lowest BCUT2D eigenvalue weighted by molar-refractivity contribution is -0.387. The van der Waals surface area contributed by atoms with Gasteiger partial charge in [0.1, 0.15) is 4.88 Å². The average Bonchev–Trinajstić information content (AvgIpc) is 2.86. The Hall–Kier alpha value is -2.73. The number of hydrogen-bond acceptors (Lipinski definition) is 9. The second-order valence-corrected chi connectivity index (χ2v) is 7.39. The van der Waals surface area contributed by atoms with E-state index in [0.717, 1.165) is 23.5 Å². The summed E-state index contributed by atoms with van der Waals surface area (Å²) >= 11 is 0.776. The molecular formula is C13H14N4O6S2. The van der Waals surface area contributed by atoms with Crippen molar-refractivity contribution in [3.63, 3.8) is 0 Å². The fourth-order valence-corrected chi connectivity index (χ4v) is 4.15. The van der Waals surface area contributed by atoms with Gasteiger partial charge in [-0.3, -0.25) is 14.8 Å². The standard InChI is InChI=1S/C13H14N4O6S2/c1-3-23-12(18)11-7(2)15-13(24-11)16-25(21,22)10-5-4-8(14)6-9(10)17(19)20/h4-6H,3,14H2,1-2H3,(H,15,16). The van der Waals surface area contributed by atoms with Gasteiger partial charge >= 0.3 is 5.97 Å². The minimum Gasteiger partial charge on any atom is -0.462 e. The fraction of sp³-hybridized carbons (Fsp3) is 0.231. The lowest BCUT2D eigenvalue weighted by Gasteiger charge is -2.06. The van der Waals surface area contributed by atoms with Crippen LogP contribution in [0.2, 0.25) is 0 Å². The molecule has 1 aromatic carbocycles. The third-order valence-corrected chi connectivity index (χ3v) is 5.52. The number of nitrogens with two attached hydrogens (primary N) is 1. The summed E-state index contributed by atoms with van der Waals surface area (Å²) in [4.78, 5) is 25.5. The molecule has 0 fully saturated rings. The molecule has 1 aromatic heterocycles. The summed E-state index contributed by atoms with van der Waals surface area (Å²) in [5.41, 5.74) is 5.15. The van der Waals surface area contributed by atoms with Crippen LogP contribution in [-0.2, 0) is 14.8 Å². The maximum Gasteiger partial charge on any atom is 0.350 e. The van der Waals surface area contributed by atoms with Crippen LogP contribution in [0.1, 0.15) is 22.3 Å². The van der Waals surface area contributed by atoms with Crippen molar-refractivity contribution < 1.29 is 22.9 Å². The number of aryl methyl sites for hydroxylation is 1. The number of sulfonamides is 1. The first kappa shape index (κ1) is 18.6. The van der Waals surface area contributed by atoms with Gasteiger partial charge in [-0.1, -0.05) is 11.3 Å². The molecule has 0 radical (unpaired) electrons. The smallest absolute Gasteiger partial charge is 0.350 e. The van der Waals surface area contributed by atoms with Crippen molar-refractivity contribution >= 4 is 43.8 Å². The van der Waals surface area contributed by atoms with Crippen molar-refractivity contribution in [2.45, 2.75) is 18.7 Å². The first-order valence-corrected chi connectivity index (χ1v) is 9.17. The second kappa shape index (κ2) is 7.03. The minimum atomic E-state index is -4.30. The van der Waals surface area contributed by atoms with E-state index in [4.69, 9.17) is 10.5 Å². The van der Waals surface area contributed by atoms with Crippen LogP contribution in [0.5, 0.6) is 0 Å². The predicted molar refractivity (Wildman–Crippen MR) is 91.1 cm³/mol. The van der Waals surface area contributed by atoms with E-state index in [9.17, 15) is 23.3 Å². The Bertz CT molecular complexity index is 938. The van der Waals surface area contributed by atoms with Gasteiger partial charge in [-0.25, -0.2) is 18.2 Å². The van der Waals surface area contributed by atoms with E-state index in [1.54, 1.807) is 6.92 Å². The summed E-state index contributed by atoms with van der Waals surface area (Å²) < 4.78 is 31.9. The highest BCUT2D eigenvalue weighted by Crippen LogP contribution is 2.30. The number of rotatable bonds is 6. The molecule has 0 aliphatic carbocycles. The zero-order chi connectivity index (χ0) is 18.8. The number of carbonyl (C=O) groups excluding carboxylic acids is 1. The summed E-state index contributed by atoms with van der Waals surface area (Å²) in [7, 11) is -4.30. The fourth-order valence-electron chi connectivity index (χ4n) is 1.90. The number of nitrogens with zero attached hydrogens (tertiary/aromatic N) is 2. The van der Waals surface area contributed by atoms with Crippen molar-refractivity contribution in [1.29, 1.82) is 0 Å². The first-order chi connectivity index (χ1) is 11.7. The van der Waals surface area contributed by atoms with Crippen LogP contribution in [-0.4, -0.2) is 30.9 Å². The van der Waals surface area contributed by atoms with E-state index in [0.29, 0.717) is 0 Å². The van der Waals surface area contributed by atoms with Crippen molar-refractivity contribution in [3.8, 4) is 0 Å². The van der Waals surface area contributed by atoms with Crippen molar-refractivity contribution in [3.05, 3.63) is 38.9 Å². The van der Waals surface area contributed by atoms with Gasteiger partial charge in [0.2, 0.25) is 0 Å². The van der Waals surface area contributed by atoms with Gasteiger partial charge in [0.05, 0.1) is 17.2 Å². The summed E-state index contributed by atoms with van der Waals surface area (Å²) in [6, 6.07) is 3.22. The Morgan fingerprint density at radius 1 is 1.48 bits per heavy atom. The Morgan fingerprint density at radius 3 is 2.76 bits per heavy atom. The van der Waals surface area contributed by atoms with Crippen LogP contribution < -0.4 is 10.5 Å². The number of carbonyl (C=O) groups is 1. The van der Waals surface area contributed by atoms with Gasteiger partial charge in [-0.05, 0) is 26.0 Å². The van der Waals surface area contributed by atoms with Crippen molar-refractivity contribution in [1.82, 2.24) is 4.98 Å². The lowest BCUT2D eigenvalue weighted by Crippen LogP contribution is -2.14. The number of benzene rings is 1. The van der Waals surface area contributed by atoms with E-state index < -0.39 is 31.5 Å². The molecule has 0 aliphatic heterocycles. The SMILES string of the molecule is CCOC(=O)c1sc(NS(=O)(=O)c2ccc(N)cc2[N+](=O)[O-])nc1C. The van der Waals surface area contributed by atoms with Crippen LogP contribution in [0.4, 0.5) is 16.5 Å². The quantitative estimate of drug-likeness (QED) is 0.330. The highest BCUT2D eigenvalue weighted by Gasteiger charge is 2.28. The Balaban J connectivity index is 2.39. The van der Waals surface area contributed by atoms with E-state index >= 15 is 0 Å². The number of esters is 1. The second-order valence-electron chi connectivity index (χ2n) is 4.74. The number of aromatic nitrogens is 1. The average molecular weight is 386 g/mol. The molecule has 3 N–H and O–H groups in total. The maximum absolute atomic E-state index is 12.4. The monoisotopic (exact) mass is 386 g/mol. The van der Waals surface area contributed by atoms with E-state index in [1.807, 2.05) is 0 Å². The molecule has 134 valence electrons. The third kappa shape index (κ3) is 4.03. The first-order valence-electron chi connectivity index (χ1n) is 6.87. The third-order valence-electron chi connectivity index (χ3n) is 2.95. The molecule has 0 aliphatic rings. The number of nitrogen functional groups attached to an aromatic ring is 1. The number of nitro benzene ring substituents is 1. The van der Waals surface area contributed by atoms with Crippen LogP contribution in [0, 0.1) is 17.0 Å². The zero-order valence-corrected chi connectivity index (χ0v) is 14.8. The van der Waals surface area contributed by atoms with Crippen molar-refractivity contribution in [2.75, 3.05) is 17.1 Å². The van der Waals surface area contributed by atoms with E-state index in [-0.39, 0.29) is 28.0 Å². The normalized spacial score (nSPS) is 11.1. The maximum atomic E-state index is 12.4. The van der Waals surface area contributed by atoms with Gasteiger partial charge < -0.3 is 10.5 Å². The molecule has 25 heavy (non-hydrogen) atoms. The summed E-state index contributed by atoms with van der Waals surface area (Å²) in [5.74, 6) is -0.624. The molecule has 0 amide bonds. The number of nitrogens with one attached hydrogen (secondary N) is 1. The molecule has 0 unspecified atom stereocenters. The Labute approximate surface area is 146 Å². The summed E-state index contributed by atoms with van der Waals surface area (Å²) in [6.45, 7) is 3.32. The number of ether oxygens (including phenoxy) is 1. The predicted octanol–water partition coefficient (Wildman–Crippen LogP) is 1.92. The van der Waals surface area contributed by atoms with E-state index in [2.05, 4.69) is 9.71 Å². The van der Waals surface area contributed by atoms with Crippen LogP contribution in [0.25, 0.3) is 0 Å². The largest absolute Gasteiger partial charge is 0.462 e. The number of thiazole rings is 1. The molecule has 2 rings (SSSR count). The topological polar surface area (TPSA) is 155 Å². The molecule has 0 bridgehead atoms. The number of hydrogen-bond donors (Lipinski definition) is 2. The van der Waals surface area contributed by atoms with Gasteiger partial charge in [0, 0.05) is 11.8 Å². The summed E-state index contributed by atoms with van der Waals surface area (Å²) in [5, 5.41) is 11.0. The molecule has 0 saturated heterocycles. The van der Waals surface area contributed by atoms with Crippen LogP contribution in [0.15, 0.2) is 23.1 Å². The highest BCUT2D eigenvalue weighted by atomic mass is 32.2. The molecule has 0 saturated carbocycles. The Morgan fingerprint density at radius 2 is 2.16 bits per heavy atom. The van der Waals surface area contributed by atoms with Gasteiger partial charge in [0.15, 0.2) is 10.0 Å². The molecule has 12 heteroatoms. The van der Waals surface area contributed by atoms with Crippen LogP contribution in [0.3, 0.4) is 0 Å². The highest BCUT2D eigenvalue weighted by molar-refractivity contribution is 7.93. The molecule has 2 aromatic rings. The van der Waals surface area contributed by atoms with Gasteiger partial charge in [-0.2, -0.15) is 0 Å². The van der Waals surface area contributed by atoms with Gasteiger partial charge in [-0.15, -0.1) is 0 Å². The van der Waals surface area contributed by atoms with Gasteiger partial charge in [0.25, 0.3) is 15.7 Å². The molecule has 10 nitrogen and oxygen atoms in total. The Kier molecular flexibility index (Phi) is 5.23. The minimum absolute atomic E-state index is 0.0559. The lowest BCUT2D eigenvalue weighted by atomic mass is 10.3. The van der Waals surface area contributed by atoms with Crippen molar-refractivity contribution in [2.24, 2.45) is 0 Å². The zero-order valence-electron chi connectivity index (χ0n) is 13.2. The molecule has 0 spiro atoms. The molecule has 0 atom stereocenters. The summed E-state index contributed by atoms with van der Waals surface area (Å²) in [6.07, 6.45) is 0. The van der Waals surface area contributed by atoms with E-state index in [1.165, 1.54) is 13.0 Å². The number of nitro groups is 1. The van der Waals surface area contributed by atoms with Crippen LogP contribution >= 0.6 is 11.3 Å².